The third-order valence-electron chi connectivity index (χ3n) is 5.56. The van der Waals surface area contributed by atoms with Crippen LogP contribution in [0.2, 0.25) is 0 Å². The molecule has 1 aliphatic rings. The number of rotatable bonds is 9. The highest BCUT2D eigenvalue weighted by Crippen LogP contribution is 2.22. The van der Waals surface area contributed by atoms with Gasteiger partial charge in [-0.1, -0.05) is 49.0 Å². The van der Waals surface area contributed by atoms with E-state index in [0.29, 0.717) is 46.9 Å². The van der Waals surface area contributed by atoms with Gasteiger partial charge in [-0.25, -0.2) is 4.98 Å². The van der Waals surface area contributed by atoms with Gasteiger partial charge < -0.3 is 10.1 Å². The van der Waals surface area contributed by atoms with Gasteiger partial charge in [0, 0.05) is 24.3 Å². The van der Waals surface area contributed by atoms with Crippen molar-refractivity contribution in [1.29, 1.82) is 0 Å². The fourth-order valence-corrected chi connectivity index (χ4v) is 4.69. The summed E-state index contributed by atoms with van der Waals surface area (Å²) in [6, 6.07) is 14.0. The molecule has 1 saturated heterocycles. The molecule has 0 unspecified atom stereocenters. The van der Waals surface area contributed by atoms with Crippen molar-refractivity contribution in [3.05, 3.63) is 70.0 Å². The third kappa shape index (κ3) is 5.51. The maximum absolute atomic E-state index is 13.4. The molecule has 2 heterocycles. The lowest BCUT2D eigenvalue weighted by molar-refractivity contribution is 0.0937. The zero-order chi connectivity index (χ0) is 23.2. The van der Waals surface area contributed by atoms with Crippen molar-refractivity contribution in [2.45, 2.75) is 44.0 Å². The monoisotopic (exact) mass is 465 g/mol. The Morgan fingerprint density at radius 2 is 2.00 bits per heavy atom. The molecule has 1 fully saturated rings. The molecule has 1 amide bonds. The van der Waals surface area contributed by atoms with Crippen LogP contribution in [0.5, 0.6) is 0 Å². The SMILES string of the molecule is CCCNC(=O)c1ccc2c(=O)n(C[C@H]3CCCO3)c(SCC(=O)c3ccccc3)nc2c1. The van der Waals surface area contributed by atoms with E-state index in [1.807, 2.05) is 25.1 Å². The number of ether oxygens (including phenoxy) is 1. The van der Waals surface area contributed by atoms with Crippen LogP contribution in [0.25, 0.3) is 10.9 Å². The summed E-state index contributed by atoms with van der Waals surface area (Å²) in [6.45, 7) is 3.64. The number of hydrogen-bond donors (Lipinski definition) is 1. The number of hydrogen-bond acceptors (Lipinski definition) is 6. The molecule has 7 nitrogen and oxygen atoms in total. The van der Waals surface area contributed by atoms with Crippen molar-refractivity contribution in [2.24, 2.45) is 0 Å². The zero-order valence-electron chi connectivity index (χ0n) is 18.6. The van der Waals surface area contributed by atoms with Gasteiger partial charge in [-0.3, -0.25) is 19.0 Å². The van der Waals surface area contributed by atoms with Gasteiger partial charge in [-0.2, -0.15) is 0 Å². The molecule has 1 N–H and O–H groups in total. The zero-order valence-corrected chi connectivity index (χ0v) is 19.4. The van der Waals surface area contributed by atoms with Crippen molar-refractivity contribution in [3.8, 4) is 0 Å². The lowest BCUT2D eigenvalue weighted by Gasteiger charge is -2.16. The minimum absolute atomic E-state index is 0.0358. The predicted molar refractivity (Wildman–Crippen MR) is 129 cm³/mol. The maximum Gasteiger partial charge on any atom is 0.262 e. The first-order chi connectivity index (χ1) is 16.1. The third-order valence-corrected chi connectivity index (χ3v) is 6.53. The molecule has 4 rings (SSSR count). The summed E-state index contributed by atoms with van der Waals surface area (Å²) in [7, 11) is 0. The van der Waals surface area contributed by atoms with Crippen LogP contribution in [0.1, 0.15) is 46.9 Å². The number of carbonyl (C=O) groups excluding carboxylic acids is 2. The molecular weight excluding hydrogens is 438 g/mol. The Morgan fingerprint density at radius 3 is 2.73 bits per heavy atom. The van der Waals surface area contributed by atoms with Gasteiger partial charge in [-0.15, -0.1) is 0 Å². The smallest absolute Gasteiger partial charge is 0.262 e. The number of nitrogens with one attached hydrogen (secondary N) is 1. The van der Waals surface area contributed by atoms with Gasteiger partial charge in [0.05, 0.1) is 29.3 Å². The van der Waals surface area contributed by atoms with Crippen molar-refractivity contribution < 1.29 is 14.3 Å². The van der Waals surface area contributed by atoms with Gasteiger partial charge in [0.2, 0.25) is 0 Å². The van der Waals surface area contributed by atoms with Crippen LogP contribution in [0, 0.1) is 0 Å². The van der Waals surface area contributed by atoms with Crippen LogP contribution in [0.4, 0.5) is 0 Å². The molecule has 3 aromatic rings. The molecule has 0 saturated carbocycles. The molecule has 172 valence electrons. The Labute approximate surface area is 196 Å². The number of carbonyl (C=O) groups is 2. The van der Waals surface area contributed by atoms with Crippen LogP contribution < -0.4 is 10.9 Å². The van der Waals surface area contributed by atoms with Gasteiger partial charge >= 0.3 is 0 Å². The average molecular weight is 466 g/mol. The van der Waals surface area contributed by atoms with E-state index >= 15 is 0 Å². The van der Waals surface area contributed by atoms with Crippen molar-refractivity contribution >= 4 is 34.4 Å². The number of Topliss-reactive ketones (excluding diaryl/α,β-unsaturated/α-hetero) is 1. The Balaban J connectivity index is 1.67. The molecule has 0 radical (unpaired) electrons. The molecule has 33 heavy (non-hydrogen) atoms. The van der Waals surface area contributed by atoms with E-state index in [0.717, 1.165) is 19.3 Å². The Bertz CT molecular complexity index is 1200. The fraction of sp³-hybridized carbons (Fsp3) is 0.360. The topological polar surface area (TPSA) is 90.3 Å². The lowest BCUT2D eigenvalue weighted by Crippen LogP contribution is -2.29. The van der Waals surface area contributed by atoms with Crippen molar-refractivity contribution in [3.63, 3.8) is 0 Å². The van der Waals surface area contributed by atoms with E-state index in [1.165, 1.54) is 11.8 Å². The Kier molecular flexibility index (Phi) is 7.57. The minimum atomic E-state index is -0.197. The summed E-state index contributed by atoms with van der Waals surface area (Å²) in [4.78, 5) is 43.1. The number of aromatic nitrogens is 2. The number of thioether (sulfide) groups is 1. The van der Waals surface area contributed by atoms with Crippen molar-refractivity contribution in [1.82, 2.24) is 14.9 Å². The maximum atomic E-state index is 13.4. The van der Waals surface area contributed by atoms with Gasteiger partial charge in [-0.05, 0) is 37.5 Å². The van der Waals surface area contributed by atoms with Crippen LogP contribution in [0.3, 0.4) is 0 Å². The molecular formula is C25H27N3O4S. The van der Waals surface area contributed by atoms with Gasteiger partial charge in [0.25, 0.3) is 11.5 Å². The molecule has 8 heteroatoms. The van der Waals surface area contributed by atoms with Crippen LogP contribution in [0.15, 0.2) is 58.5 Å². The molecule has 1 atom stereocenters. The fourth-order valence-electron chi connectivity index (χ4n) is 3.78. The predicted octanol–water partition coefficient (Wildman–Crippen LogP) is 3.69. The molecule has 0 aliphatic carbocycles. The van der Waals surface area contributed by atoms with Crippen molar-refractivity contribution in [2.75, 3.05) is 18.9 Å². The molecule has 0 bridgehead atoms. The first-order valence-corrected chi connectivity index (χ1v) is 12.2. The highest BCUT2D eigenvalue weighted by atomic mass is 32.2. The molecule has 0 spiro atoms. The van der Waals surface area contributed by atoms with Crippen LogP contribution >= 0.6 is 11.8 Å². The number of benzene rings is 2. The average Bonchev–Trinajstić information content (AvgIpc) is 3.36. The van der Waals surface area contributed by atoms with Crippen LogP contribution in [-0.2, 0) is 11.3 Å². The second-order valence-corrected chi connectivity index (χ2v) is 8.95. The van der Waals surface area contributed by atoms with Crippen LogP contribution in [-0.4, -0.2) is 46.2 Å². The molecule has 1 aliphatic heterocycles. The van der Waals surface area contributed by atoms with E-state index in [1.54, 1.807) is 34.9 Å². The molecule has 1 aromatic heterocycles. The summed E-state index contributed by atoms with van der Waals surface area (Å²) < 4.78 is 7.35. The normalized spacial score (nSPS) is 15.6. The second-order valence-electron chi connectivity index (χ2n) is 8.01. The standard InChI is InChI=1S/C25H27N3O4S/c1-2-12-26-23(30)18-10-11-20-21(14-18)27-25(28(24(20)31)15-19-9-6-13-32-19)33-16-22(29)17-7-4-3-5-8-17/h3-5,7-8,10-11,14,19H,2,6,9,12-13,15-16H2,1H3,(H,26,30)/t19-/m1/s1. The van der Waals surface area contributed by atoms with E-state index in [-0.39, 0.29) is 29.1 Å². The van der Waals surface area contributed by atoms with E-state index in [9.17, 15) is 14.4 Å². The number of ketones is 1. The number of amides is 1. The summed E-state index contributed by atoms with van der Waals surface area (Å²) in [5, 5.41) is 3.74. The van der Waals surface area contributed by atoms with Gasteiger partial charge in [0.1, 0.15) is 0 Å². The highest BCUT2D eigenvalue weighted by Gasteiger charge is 2.21. The number of nitrogens with zero attached hydrogens (tertiary/aromatic N) is 2. The Morgan fingerprint density at radius 1 is 1.18 bits per heavy atom. The lowest BCUT2D eigenvalue weighted by atomic mass is 10.1. The van der Waals surface area contributed by atoms with E-state index in [2.05, 4.69) is 5.32 Å². The quantitative estimate of drug-likeness (QED) is 0.294. The Hall–Kier alpha value is -2.97. The summed E-state index contributed by atoms with van der Waals surface area (Å²) in [5.74, 6) is -0.0756. The first kappa shape index (κ1) is 23.2. The van der Waals surface area contributed by atoms with Gasteiger partial charge in [0.15, 0.2) is 10.9 Å². The second kappa shape index (κ2) is 10.8. The summed E-state index contributed by atoms with van der Waals surface area (Å²) >= 11 is 1.24. The van der Waals surface area contributed by atoms with E-state index < -0.39 is 0 Å². The highest BCUT2D eigenvalue weighted by molar-refractivity contribution is 7.99. The minimum Gasteiger partial charge on any atom is -0.376 e. The number of fused-ring (bicyclic) bond motifs is 1. The largest absolute Gasteiger partial charge is 0.376 e. The van der Waals surface area contributed by atoms with E-state index in [4.69, 9.17) is 9.72 Å². The summed E-state index contributed by atoms with van der Waals surface area (Å²) in [5.41, 5.74) is 1.33. The first-order valence-electron chi connectivity index (χ1n) is 11.2. The molecule has 2 aromatic carbocycles. The summed E-state index contributed by atoms with van der Waals surface area (Å²) in [6.07, 6.45) is 2.63.